The van der Waals surface area contributed by atoms with Crippen LogP contribution in [0.5, 0.6) is 5.75 Å². The van der Waals surface area contributed by atoms with Gasteiger partial charge >= 0.3 is 0 Å². The fourth-order valence-electron chi connectivity index (χ4n) is 1.67. The Kier molecular flexibility index (Phi) is 5.31. The first-order valence-corrected chi connectivity index (χ1v) is 7.04. The van der Waals surface area contributed by atoms with Gasteiger partial charge in [0.25, 0.3) is 0 Å². The molecule has 110 valence electrons. The Morgan fingerprint density at radius 2 is 1.95 bits per heavy atom. The second-order valence-electron chi connectivity index (χ2n) is 4.31. The molecule has 2 aromatic carbocycles. The van der Waals surface area contributed by atoms with E-state index >= 15 is 0 Å². The zero-order valence-electron chi connectivity index (χ0n) is 11.1. The highest BCUT2D eigenvalue weighted by Crippen LogP contribution is 2.27. The van der Waals surface area contributed by atoms with Crippen molar-refractivity contribution in [2.45, 2.75) is 6.42 Å². The number of amides is 1. The first-order chi connectivity index (χ1) is 10.1. The van der Waals surface area contributed by atoms with E-state index in [-0.39, 0.29) is 18.9 Å². The Balaban J connectivity index is 1.85. The van der Waals surface area contributed by atoms with Crippen molar-refractivity contribution in [3.8, 4) is 5.75 Å². The minimum atomic E-state index is -0.189. The van der Waals surface area contributed by atoms with Crippen LogP contribution in [0.4, 0.5) is 11.4 Å². The van der Waals surface area contributed by atoms with Crippen LogP contribution in [0.15, 0.2) is 42.5 Å². The third-order valence-electron chi connectivity index (χ3n) is 2.71. The molecule has 4 nitrogen and oxygen atoms in total. The average Bonchev–Trinajstić information content (AvgIpc) is 2.45. The standard InChI is InChI=1S/C15H14Cl2N2O2/c16-10-5-6-11(17)14(9-10)21-8-7-15(20)19-13-4-2-1-3-12(13)18/h1-6,9H,7-8,18H2,(H,19,20). The summed E-state index contributed by atoms with van der Waals surface area (Å²) in [5.41, 5.74) is 6.85. The highest BCUT2D eigenvalue weighted by Gasteiger charge is 2.07. The molecule has 0 saturated carbocycles. The molecule has 0 radical (unpaired) electrons. The van der Waals surface area contributed by atoms with Gasteiger partial charge in [-0.05, 0) is 24.3 Å². The van der Waals surface area contributed by atoms with Gasteiger partial charge in [0.15, 0.2) is 0 Å². The fraction of sp³-hybridized carbons (Fsp3) is 0.133. The van der Waals surface area contributed by atoms with E-state index in [0.717, 1.165) is 0 Å². The smallest absolute Gasteiger partial charge is 0.227 e. The molecule has 0 saturated heterocycles. The van der Waals surface area contributed by atoms with Gasteiger partial charge in [-0.15, -0.1) is 0 Å². The number of hydrogen-bond acceptors (Lipinski definition) is 3. The number of anilines is 2. The number of carbonyl (C=O) groups excluding carboxylic acids is 1. The van der Waals surface area contributed by atoms with Gasteiger partial charge in [0.1, 0.15) is 5.75 Å². The summed E-state index contributed by atoms with van der Waals surface area (Å²) in [4.78, 5) is 11.8. The quantitative estimate of drug-likeness (QED) is 0.817. The molecular weight excluding hydrogens is 311 g/mol. The van der Waals surface area contributed by atoms with Crippen molar-refractivity contribution in [2.24, 2.45) is 0 Å². The summed E-state index contributed by atoms with van der Waals surface area (Å²) in [6.07, 6.45) is 0.178. The highest BCUT2D eigenvalue weighted by atomic mass is 35.5. The number of nitrogens with two attached hydrogens (primary N) is 1. The van der Waals surface area contributed by atoms with E-state index in [4.69, 9.17) is 33.7 Å². The maximum absolute atomic E-state index is 11.8. The summed E-state index contributed by atoms with van der Waals surface area (Å²) in [7, 11) is 0. The number of rotatable bonds is 5. The number of nitrogens with one attached hydrogen (secondary N) is 1. The van der Waals surface area contributed by atoms with Crippen LogP contribution in [-0.2, 0) is 4.79 Å². The zero-order chi connectivity index (χ0) is 15.2. The van der Waals surface area contributed by atoms with Gasteiger partial charge < -0.3 is 15.8 Å². The first kappa shape index (κ1) is 15.5. The second-order valence-corrected chi connectivity index (χ2v) is 5.15. The number of para-hydroxylation sites is 2. The monoisotopic (exact) mass is 324 g/mol. The van der Waals surface area contributed by atoms with Crippen LogP contribution in [-0.4, -0.2) is 12.5 Å². The number of nitrogen functional groups attached to an aromatic ring is 1. The predicted molar refractivity (Wildman–Crippen MR) is 86.1 cm³/mol. The molecule has 1 amide bonds. The van der Waals surface area contributed by atoms with Crippen LogP contribution in [0.3, 0.4) is 0 Å². The average molecular weight is 325 g/mol. The van der Waals surface area contributed by atoms with Crippen molar-refractivity contribution in [3.05, 3.63) is 52.5 Å². The Labute approximate surface area is 132 Å². The SMILES string of the molecule is Nc1ccccc1NC(=O)CCOc1cc(Cl)ccc1Cl. The maximum atomic E-state index is 11.8. The topological polar surface area (TPSA) is 64.3 Å². The number of hydrogen-bond donors (Lipinski definition) is 2. The van der Waals surface area contributed by atoms with E-state index in [1.54, 1.807) is 42.5 Å². The molecule has 0 aliphatic heterocycles. The fourth-order valence-corrected chi connectivity index (χ4v) is 2.00. The van der Waals surface area contributed by atoms with E-state index in [0.29, 0.717) is 27.2 Å². The first-order valence-electron chi connectivity index (χ1n) is 6.28. The summed E-state index contributed by atoms with van der Waals surface area (Å²) >= 11 is 11.8. The number of halogens is 2. The molecule has 0 bridgehead atoms. The lowest BCUT2D eigenvalue weighted by Gasteiger charge is -2.10. The van der Waals surface area contributed by atoms with Gasteiger partial charge in [-0.1, -0.05) is 35.3 Å². The molecule has 0 aliphatic carbocycles. The minimum Gasteiger partial charge on any atom is -0.491 e. The van der Waals surface area contributed by atoms with Crippen LogP contribution >= 0.6 is 23.2 Å². The molecule has 2 rings (SSSR count). The molecule has 0 aromatic heterocycles. The normalized spacial score (nSPS) is 10.2. The van der Waals surface area contributed by atoms with Crippen molar-refractivity contribution in [1.29, 1.82) is 0 Å². The van der Waals surface area contributed by atoms with Crippen molar-refractivity contribution in [1.82, 2.24) is 0 Å². The van der Waals surface area contributed by atoms with Crippen molar-refractivity contribution < 1.29 is 9.53 Å². The molecule has 0 atom stereocenters. The van der Waals surface area contributed by atoms with Crippen LogP contribution in [0.2, 0.25) is 10.0 Å². The lowest BCUT2D eigenvalue weighted by Crippen LogP contribution is -2.16. The van der Waals surface area contributed by atoms with Gasteiger partial charge in [0.2, 0.25) is 5.91 Å². The lowest BCUT2D eigenvalue weighted by molar-refractivity contribution is -0.116. The number of benzene rings is 2. The Bertz CT molecular complexity index is 647. The highest BCUT2D eigenvalue weighted by molar-refractivity contribution is 6.34. The summed E-state index contributed by atoms with van der Waals surface area (Å²) in [6, 6.07) is 12.0. The van der Waals surface area contributed by atoms with E-state index in [1.165, 1.54) is 0 Å². The van der Waals surface area contributed by atoms with E-state index in [1.807, 2.05) is 0 Å². The molecule has 3 N–H and O–H groups in total. The van der Waals surface area contributed by atoms with Gasteiger partial charge in [0, 0.05) is 11.1 Å². The molecule has 2 aromatic rings. The van der Waals surface area contributed by atoms with Crippen molar-refractivity contribution in [3.63, 3.8) is 0 Å². The molecule has 0 spiro atoms. The van der Waals surface area contributed by atoms with Gasteiger partial charge in [-0.2, -0.15) is 0 Å². The molecule has 0 aliphatic rings. The summed E-state index contributed by atoms with van der Waals surface area (Å²) in [5, 5.41) is 3.69. The number of ether oxygens (including phenoxy) is 1. The van der Waals surface area contributed by atoms with Crippen LogP contribution in [0, 0.1) is 0 Å². The van der Waals surface area contributed by atoms with Crippen LogP contribution in [0.1, 0.15) is 6.42 Å². The number of carbonyl (C=O) groups is 1. The second kappa shape index (κ2) is 7.20. The van der Waals surface area contributed by atoms with E-state index in [9.17, 15) is 4.79 Å². The largest absolute Gasteiger partial charge is 0.491 e. The van der Waals surface area contributed by atoms with Crippen molar-refractivity contribution in [2.75, 3.05) is 17.7 Å². The third kappa shape index (κ3) is 4.55. The van der Waals surface area contributed by atoms with E-state index < -0.39 is 0 Å². The van der Waals surface area contributed by atoms with Gasteiger partial charge in [-0.25, -0.2) is 0 Å². The summed E-state index contributed by atoms with van der Waals surface area (Å²) in [5.74, 6) is 0.266. The molecule has 0 unspecified atom stereocenters. The Morgan fingerprint density at radius 3 is 2.71 bits per heavy atom. The zero-order valence-corrected chi connectivity index (χ0v) is 12.6. The predicted octanol–water partition coefficient (Wildman–Crippen LogP) is 3.98. The van der Waals surface area contributed by atoms with E-state index in [2.05, 4.69) is 5.32 Å². The summed E-state index contributed by atoms with van der Waals surface area (Å²) < 4.78 is 5.45. The Hall–Kier alpha value is -1.91. The Morgan fingerprint density at radius 1 is 1.19 bits per heavy atom. The maximum Gasteiger partial charge on any atom is 0.227 e. The van der Waals surface area contributed by atoms with Gasteiger partial charge in [-0.3, -0.25) is 4.79 Å². The van der Waals surface area contributed by atoms with Crippen LogP contribution < -0.4 is 15.8 Å². The summed E-state index contributed by atoms with van der Waals surface area (Å²) in [6.45, 7) is 0.193. The minimum absolute atomic E-state index is 0.178. The molecule has 6 heteroatoms. The third-order valence-corrected chi connectivity index (χ3v) is 3.26. The molecule has 0 heterocycles. The molecular formula is C15H14Cl2N2O2. The van der Waals surface area contributed by atoms with Gasteiger partial charge in [0.05, 0.1) is 29.4 Å². The molecule has 0 fully saturated rings. The van der Waals surface area contributed by atoms with Crippen LogP contribution in [0.25, 0.3) is 0 Å². The van der Waals surface area contributed by atoms with Crippen molar-refractivity contribution >= 4 is 40.5 Å². The lowest BCUT2D eigenvalue weighted by atomic mass is 10.2. The molecule has 21 heavy (non-hydrogen) atoms.